The Kier molecular flexibility index (Phi) is 18.8. The van der Waals surface area contributed by atoms with Crippen LogP contribution < -0.4 is 30.2 Å². The van der Waals surface area contributed by atoms with Crippen molar-refractivity contribution in [3.63, 3.8) is 0 Å². The van der Waals surface area contributed by atoms with E-state index in [0.29, 0.717) is 62.4 Å². The van der Waals surface area contributed by atoms with Crippen LogP contribution in [0.5, 0.6) is 23.0 Å². The van der Waals surface area contributed by atoms with Crippen LogP contribution in [0.15, 0.2) is 133 Å². The van der Waals surface area contributed by atoms with Crippen LogP contribution in [-0.2, 0) is 10.8 Å². The fraction of sp³-hybridized carbons (Fsp3) is 0.388. The highest BCUT2D eigenvalue weighted by Gasteiger charge is 2.35. The summed E-state index contributed by atoms with van der Waals surface area (Å²) in [4.78, 5) is 0. The van der Waals surface area contributed by atoms with E-state index in [-0.39, 0.29) is 46.4 Å². The summed E-state index contributed by atoms with van der Waals surface area (Å²) in [5.41, 5.74) is 7.77. The predicted octanol–water partition coefficient (Wildman–Crippen LogP) is 22.7. The summed E-state index contributed by atoms with van der Waals surface area (Å²) >= 11 is 0. The Balaban J connectivity index is 1.09. The number of aromatic hydroxyl groups is 2. The first-order valence-corrected chi connectivity index (χ1v) is 48.5. The highest BCUT2D eigenvalue weighted by molar-refractivity contribution is 6.90. The first-order chi connectivity index (χ1) is 43.8. The number of rotatable bonds is 18. The molecule has 500 valence electrons. The van der Waals surface area contributed by atoms with Crippen LogP contribution in [0.3, 0.4) is 0 Å². The van der Waals surface area contributed by atoms with Crippen LogP contribution in [0, 0.1) is 36.3 Å². The fourth-order valence-corrected chi connectivity index (χ4v) is 19.7. The standard InChI is InChI=1S/C85H106F2O4Si4/c1-52-36-60(86)44-72(70-40-58(84(9,10)50-82(3,4)5)42-74(78(70)88)76-66-46-62(92(13,14)15)30-26-54(66)38-55-27-31-63(47-67(55)76)93(16,17)18)80(52)90-34-25-35-91-81-53(2)37-61(87)45-73(81)71-41-59(85(11,12)51-83(6,7)8)43-75(79(71)89)77-68-48-64(94(19,20)21)32-28-56(68)39-57-29-33-65(49-69(57)77)95(22,23)24/h26-33,36-49,88-89H,25,34-35,50-51H2,1-24H3. The number of hydrogen-bond acceptors (Lipinski definition) is 4. The molecule has 4 nitrogen and oxygen atoms in total. The molecule has 0 aliphatic rings. The summed E-state index contributed by atoms with van der Waals surface area (Å²) in [5, 5.41) is 40.8. The molecule has 0 heterocycles. The summed E-state index contributed by atoms with van der Waals surface area (Å²) in [6.45, 7) is 55.3. The maximum absolute atomic E-state index is 16.4. The van der Waals surface area contributed by atoms with E-state index in [0.717, 1.165) is 78.2 Å². The van der Waals surface area contributed by atoms with Crippen LogP contribution in [0.1, 0.15) is 111 Å². The minimum Gasteiger partial charge on any atom is -0.507 e. The number of aryl methyl sites for hydroxylation is 2. The highest BCUT2D eigenvalue weighted by Crippen LogP contribution is 2.53. The Hall–Kier alpha value is -6.83. The molecule has 10 aromatic carbocycles. The summed E-state index contributed by atoms with van der Waals surface area (Å²) in [6, 6.07) is 46.8. The number of hydrogen-bond donors (Lipinski definition) is 2. The zero-order valence-corrected chi connectivity index (χ0v) is 65.7. The van der Waals surface area contributed by atoms with Crippen molar-refractivity contribution in [1.29, 1.82) is 0 Å². The SMILES string of the molecule is Cc1cc(F)cc(-c2cc(C(C)(C)CC(C)(C)C)cc(-c3c4cc([Si](C)(C)C)ccc4cc4ccc([Si](C)(C)C)cc34)c2O)c1OCCCOc1c(C)cc(F)cc1-c1cc(C(C)(C)CC(C)(C)C)cc(-c2c3cc([Si](C)(C)C)ccc3cc3ccc([Si](C)(C)C)cc23)c1O. The second-order valence-corrected chi connectivity index (χ2v) is 55.9. The number of halogens is 2. The maximum Gasteiger partial charge on any atom is 0.131 e. The molecule has 0 aromatic heterocycles. The van der Waals surface area contributed by atoms with Gasteiger partial charge in [0, 0.05) is 50.9 Å². The molecule has 0 atom stereocenters. The van der Waals surface area contributed by atoms with Crippen molar-refractivity contribution in [2.45, 2.75) is 192 Å². The lowest BCUT2D eigenvalue weighted by Crippen LogP contribution is -2.37. The first-order valence-electron chi connectivity index (χ1n) is 34.5. The average Bonchev–Trinajstić information content (AvgIpc) is 0.737. The second-order valence-electron chi connectivity index (χ2n) is 35.6. The lowest BCUT2D eigenvalue weighted by Gasteiger charge is -2.34. The van der Waals surface area contributed by atoms with Crippen molar-refractivity contribution >= 4 is 96.1 Å². The summed E-state index contributed by atoms with van der Waals surface area (Å²) in [6.07, 6.45) is 2.10. The number of phenolic OH excluding ortho intramolecular Hbond substituents is 2. The van der Waals surface area contributed by atoms with Gasteiger partial charge in [0.05, 0.1) is 45.5 Å². The molecule has 10 rings (SSSR count). The van der Waals surface area contributed by atoms with E-state index in [9.17, 15) is 10.2 Å². The molecule has 95 heavy (non-hydrogen) atoms. The molecule has 10 aromatic rings. The molecule has 0 saturated heterocycles. The third-order valence-corrected chi connectivity index (χ3v) is 27.7. The molecular formula is C85H106F2O4Si4. The Labute approximate surface area is 571 Å². The van der Waals surface area contributed by atoms with Crippen LogP contribution in [-0.4, -0.2) is 55.7 Å². The van der Waals surface area contributed by atoms with Gasteiger partial charge in [-0.15, -0.1) is 0 Å². The molecule has 10 heteroatoms. The van der Waals surface area contributed by atoms with Gasteiger partial charge >= 0.3 is 0 Å². The zero-order chi connectivity index (χ0) is 69.8. The van der Waals surface area contributed by atoms with Gasteiger partial charge in [-0.05, 0) is 174 Å². The van der Waals surface area contributed by atoms with E-state index >= 15 is 8.78 Å². The maximum atomic E-state index is 16.4. The molecule has 0 unspecified atom stereocenters. The van der Waals surface area contributed by atoms with Crippen LogP contribution >= 0.6 is 0 Å². The van der Waals surface area contributed by atoms with Crippen molar-refractivity contribution < 1.29 is 28.5 Å². The normalized spacial score (nSPS) is 13.2. The molecule has 0 saturated carbocycles. The molecule has 0 aliphatic heterocycles. The summed E-state index contributed by atoms with van der Waals surface area (Å²) in [5.74, 6) is 0.236. The van der Waals surface area contributed by atoms with E-state index in [4.69, 9.17) is 9.47 Å². The van der Waals surface area contributed by atoms with E-state index in [1.165, 1.54) is 45.0 Å². The van der Waals surface area contributed by atoms with E-state index in [1.54, 1.807) is 0 Å². The van der Waals surface area contributed by atoms with Crippen molar-refractivity contribution in [3.05, 3.63) is 167 Å². The highest BCUT2D eigenvalue weighted by atomic mass is 28.3. The largest absolute Gasteiger partial charge is 0.507 e. The quantitative estimate of drug-likeness (QED) is 0.0511. The Morgan fingerprint density at radius 2 is 0.621 bits per heavy atom. The predicted molar refractivity (Wildman–Crippen MR) is 419 cm³/mol. The second kappa shape index (κ2) is 25.2. The van der Waals surface area contributed by atoms with Gasteiger partial charge in [0.1, 0.15) is 34.6 Å². The van der Waals surface area contributed by atoms with Gasteiger partial charge in [0.2, 0.25) is 0 Å². The summed E-state index contributed by atoms with van der Waals surface area (Å²) in [7, 11) is -7.26. The Bertz CT molecular complexity index is 4210. The number of phenols is 2. The number of benzene rings is 10. The van der Waals surface area contributed by atoms with Gasteiger partial charge in [-0.1, -0.05) is 241 Å². The molecule has 0 fully saturated rings. The Morgan fingerprint density at radius 1 is 0.347 bits per heavy atom. The van der Waals surface area contributed by atoms with E-state index < -0.39 is 43.9 Å². The molecule has 0 aliphatic carbocycles. The molecular weight excluding hydrogens is 1240 g/mol. The molecule has 2 N–H and O–H groups in total. The lowest BCUT2D eigenvalue weighted by atomic mass is 9.71. The average molecular weight is 1340 g/mol. The van der Waals surface area contributed by atoms with Crippen LogP contribution in [0.2, 0.25) is 78.6 Å². The molecule has 0 radical (unpaired) electrons. The summed E-state index contributed by atoms with van der Waals surface area (Å²) < 4.78 is 46.6. The van der Waals surface area contributed by atoms with Crippen LogP contribution in [0.4, 0.5) is 8.78 Å². The zero-order valence-electron chi connectivity index (χ0n) is 61.7. The molecule has 0 spiro atoms. The van der Waals surface area contributed by atoms with Gasteiger partial charge < -0.3 is 19.7 Å². The van der Waals surface area contributed by atoms with Crippen molar-refractivity contribution in [2.75, 3.05) is 13.2 Å². The van der Waals surface area contributed by atoms with Gasteiger partial charge in [-0.2, -0.15) is 0 Å². The van der Waals surface area contributed by atoms with Gasteiger partial charge in [0.25, 0.3) is 0 Å². The number of ether oxygens (including phenoxy) is 2. The monoisotopic (exact) mass is 1340 g/mol. The van der Waals surface area contributed by atoms with Gasteiger partial charge in [-0.25, -0.2) is 8.78 Å². The van der Waals surface area contributed by atoms with E-state index in [2.05, 4.69) is 257 Å². The van der Waals surface area contributed by atoms with Crippen molar-refractivity contribution in [1.82, 2.24) is 0 Å². The lowest BCUT2D eigenvalue weighted by molar-refractivity contribution is 0.246. The van der Waals surface area contributed by atoms with Crippen LogP contribution in [0.25, 0.3) is 87.6 Å². The van der Waals surface area contributed by atoms with Gasteiger partial charge in [0.15, 0.2) is 0 Å². The minimum atomic E-state index is -1.82. The van der Waals surface area contributed by atoms with Crippen molar-refractivity contribution in [2.24, 2.45) is 10.8 Å². The topological polar surface area (TPSA) is 58.9 Å². The Morgan fingerprint density at radius 3 is 0.884 bits per heavy atom. The third-order valence-electron chi connectivity index (χ3n) is 19.5. The minimum absolute atomic E-state index is 0.0375. The third kappa shape index (κ3) is 15.0. The van der Waals surface area contributed by atoms with E-state index in [1.807, 2.05) is 13.8 Å². The molecule has 0 bridgehead atoms. The van der Waals surface area contributed by atoms with Crippen molar-refractivity contribution in [3.8, 4) is 67.5 Å². The fourth-order valence-electron chi connectivity index (χ4n) is 15.0. The first kappa shape index (κ1) is 71.0. The number of fused-ring (bicyclic) bond motifs is 4. The van der Waals surface area contributed by atoms with Gasteiger partial charge in [-0.3, -0.25) is 0 Å². The molecule has 0 amide bonds. The smallest absolute Gasteiger partial charge is 0.131 e.